The van der Waals surface area contributed by atoms with Crippen molar-refractivity contribution < 1.29 is 64.2 Å². The van der Waals surface area contributed by atoms with Gasteiger partial charge >= 0.3 is 24.3 Å². The number of aromatic nitrogens is 4. The van der Waals surface area contributed by atoms with Crippen molar-refractivity contribution >= 4 is 11.9 Å². The van der Waals surface area contributed by atoms with E-state index in [9.17, 15) is 46.1 Å². The van der Waals surface area contributed by atoms with E-state index in [0.717, 1.165) is 33.4 Å². The third-order valence-corrected chi connectivity index (χ3v) is 13.0. The number of rotatable bonds is 12. The number of carbonyl (C=O) groups is 2. The second-order valence-electron chi connectivity index (χ2n) is 18.3. The van der Waals surface area contributed by atoms with Gasteiger partial charge in [-0.1, -0.05) is 118 Å². The molecule has 0 amide bonds. The molecule has 8 aromatic rings. The number of carboxylic acid groups (broad SMARTS) is 2. The van der Waals surface area contributed by atoms with Gasteiger partial charge in [0.15, 0.2) is 34.4 Å². The molecule has 0 bridgehead atoms. The van der Waals surface area contributed by atoms with Gasteiger partial charge in [-0.3, -0.25) is 9.59 Å². The Hall–Kier alpha value is -7.84. The van der Waals surface area contributed by atoms with E-state index in [-0.39, 0.29) is 47.0 Å². The van der Waals surface area contributed by atoms with E-state index >= 15 is 0 Å². The van der Waals surface area contributed by atoms with Gasteiger partial charge in [-0.15, -0.1) is 0 Å². The van der Waals surface area contributed by atoms with E-state index in [1.165, 1.54) is 38.1 Å². The van der Waals surface area contributed by atoms with Gasteiger partial charge in [0.1, 0.15) is 33.6 Å². The summed E-state index contributed by atoms with van der Waals surface area (Å²) in [6.07, 6.45) is -6.09. The van der Waals surface area contributed by atoms with E-state index in [2.05, 4.69) is 20.6 Å². The SMILES string of the molecule is C[C@@](N)(CCc1ccc2c(c1)CCc1c-2noc1-c1noc(-c2ccccc2)c1C(F)(F)F)C(=O)O.C[C@](N)(CCc1ccc2c(c1)CCc1c-2noc1-c1noc(-c2ccccc2)c1C(F)(F)F)C(=O)O. The van der Waals surface area contributed by atoms with Gasteiger partial charge in [0.05, 0.1) is 0 Å². The minimum Gasteiger partial charge on any atom is -0.480 e. The average molecular weight is 995 g/mol. The fourth-order valence-corrected chi connectivity index (χ4v) is 8.89. The van der Waals surface area contributed by atoms with Crippen LogP contribution < -0.4 is 11.5 Å². The standard InChI is InChI=1S/2C26H22F3N3O4/c2*1-25(30,24(33)34)12-11-14-7-9-17-16(13-14)8-10-18-20(17)31-36-23(18)21-19(26(27,28)29)22(35-32-21)15-5-3-2-4-6-15/h2*2-7,9,13H,8,10-12,30H2,1H3,(H,33,34)/t2*25-/m10/s1. The van der Waals surface area contributed by atoms with E-state index in [1.54, 1.807) is 36.4 Å². The number of nitrogens with two attached hydrogens (primary N) is 2. The van der Waals surface area contributed by atoms with E-state index < -0.39 is 57.9 Å². The van der Waals surface area contributed by atoms with Gasteiger partial charge in [0.2, 0.25) is 0 Å². The lowest BCUT2D eigenvalue weighted by molar-refractivity contribution is -0.143. The molecule has 14 nitrogen and oxygen atoms in total. The number of carboxylic acids is 2. The van der Waals surface area contributed by atoms with Gasteiger partial charge in [0, 0.05) is 33.4 Å². The highest BCUT2D eigenvalue weighted by molar-refractivity contribution is 5.82. The van der Waals surface area contributed by atoms with Gasteiger partial charge in [0.25, 0.3) is 0 Å². The van der Waals surface area contributed by atoms with Crippen LogP contribution in [0.15, 0.2) is 115 Å². The van der Waals surface area contributed by atoms with Crippen LogP contribution >= 0.6 is 0 Å². The Morgan fingerprint density at radius 2 is 0.861 bits per heavy atom. The third kappa shape index (κ3) is 9.53. The molecule has 4 aromatic carbocycles. The molecule has 4 aromatic heterocycles. The zero-order chi connectivity index (χ0) is 51.3. The quantitative estimate of drug-likeness (QED) is 0.0835. The first-order chi connectivity index (χ1) is 34.1. The molecule has 0 spiro atoms. The van der Waals surface area contributed by atoms with Crippen LogP contribution in [0, 0.1) is 0 Å². The normalized spacial score (nSPS) is 14.7. The Morgan fingerprint density at radius 1 is 0.514 bits per heavy atom. The average Bonchev–Trinajstić information content (AvgIpc) is 4.18. The predicted molar refractivity (Wildman–Crippen MR) is 248 cm³/mol. The minimum atomic E-state index is -4.73. The van der Waals surface area contributed by atoms with Crippen molar-refractivity contribution in [2.75, 3.05) is 0 Å². The van der Waals surface area contributed by atoms with E-state index in [4.69, 9.17) is 29.6 Å². The number of nitrogens with zero attached hydrogens (tertiary/aromatic N) is 4. The van der Waals surface area contributed by atoms with Crippen molar-refractivity contribution in [3.8, 4) is 68.1 Å². The summed E-state index contributed by atoms with van der Waals surface area (Å²) in [6, 6.07) is 27.2. The molecule has 4 heterocycles. The van der Waals surface area contributed by atoms with Crippen LogP contribution in [-0.2, 0) is 60.5 Å². The number of benzene rings is 4. The van der Waals surface area contributed by atoms with Crippen LogP contribution in [0.1, 0.15) is 71.2 Å². The molecule has 2 aliphatic carbocycles. The summed E-state index contributed by atoms with van der Waals surface area (Å²) in [4.78, 5) is 22.5. The van der Waals surface area contributed by atoms with Crippen molar-refractivity contribution in [1.29, 1.82) is 0 Å². The van der Waals surface area contributed by atoms with Gasteiger partial charge in [-0.2, -0.15) is 26.3 Å². The Kier molecular flexibility index (Phi) is 12.8. The number of aryl methyl sites for hydroxylation is 4. The zero-order valence-corrected chi connectivity index (χ0v) is 38.4. The first-order valence-electron chi connectivity index (χ1n) is 22.6. The number of fused-ring (bicyclic) bond motifs is 6. The summed E-state index contributed by atoms with van der Waals surface area (Å²) >= 11 is 0. The molecule has 10 rings (SSSR count). The summed E-state index contributed by atoms with van der Waals surface area (Å²) in [6.45, 7) is 2.94. The summed E-state index contributed by atoms with van der Waals surface area (Å²) in [5.41, 5.74) is 13.9. The van der Waals surface area contributed by atoms with Crippen LogP contribution in [0.2, 0.25) is 0 Å². The molecule has 2 atom stereocenters. The van der Waals surface area contributed by atoms with Crippen molar-refractivity contribution in [2.24, 2.45) is 11.5 Å². The Balaban J connectivity index is 0.000000178. The van der Waals surface area contributed by atoms with Crippen LogP contribution in [-0.4, -0.2) is 53.9 Å². The number of hydrogen-bond acceptors (Lipinski definition) is 12. The number of hydrogen-bond donors (Lipinski definition) is 4. The monoisotopic (exact) mass is 994 g/mol. The Bertz CT molecular complexity index is 3100. The number of halogens is 6. The lowest BCUT2D eigenvalue weighted by atomic mass is 9.86. The molecule has 0 fully saturated rings. The van der Waals surface area contributed by atoms with Crippen LogP contribution in [0.25, 0.3) is 68.1 Å². The second kappa shape index (κ2) is 18.7. The largest absolute Gasteiger partial charge is 0.480 e. The Labute approximate surface area is 405 Å². The van der Waals surface area contributed by atoms with Crippen molar-refractivity contribution in [3.05, 3.63) is 142 Å². The molecule has 6 N–H and O–H groups in total. The first kappa shape index (κ1) is 49.2. The van der Waals surface area contributed by atoms with E-state index in [0.29, 0.717) is 61.0 Å². The van der Waals surface area contributed by atoms with Gasteiger partial charge in [-0.25, -0.2) is 0 Å². The molecule has 0 aliphatic heterocycles. The maximum atomic E-state index is 14.1. The summed E-state index contributed by atoms with van der Waals surface area (Å²) in [7, 11) is 0. The van der Waals surface area contributed by atoms with Crippen LogP contribution in [0.4, 0.5) is 26.3 Å². The third-order valence-electron chi connectivity index (χ3n) is 13.0. The van der Waals surface area contributed by atoms with Gasteiger partial charge in [-0.05, 0) is 87.5 Å². The lowest BCUT2D eigenvalue weighted by Gasteiger charge is -2.20. The smallest absolute Gasteiger partial charge is 0.422 e. The first-order valence-corrected chi connectivity index (χ1v) is 22.6. The molecule has 0 saturated carbocycles. The molecule has 0 unspecified atom stereocenters. The van der Waals surface area contributed by atoms with Crippen molar-refractivity contribution in [3.63, 3.8) is 0 Å². The highest BCUT2D eigenvalue weighted by Gasteiger charge is 2.45. The summed E-state index contributed by atoms with van der Waals surface area (Å²) in [5, 5.41) is 34.2. The highest BCUT2D eigenvalue weighted by atomic mass is 19.4. The molecular weight excluding hydrogens is 951 g/mol. The molecule has 372 valence electrons. The minimum absolute atomic E-state index is 0.0571. The predicted octanol–water partition coefficient (Wildman–Crippen LogP) is 11.0. The molecular formula is C52H44F6N6O8. The fourth-order valence-electron chi connectivity index (χ4n) is 8.89. The maximum absolute atomic E-state index is 14.1. The van der Waals surface area contributed by atoms with Crippen molar-refractivity contribution in [1.82, 2.24) is 20.6 Å². The zero-order valence-electron chi connectivity index (χ0n) is 38.4. The van der Waals surface area contributed by atoms with Crippen molar-refractivity contribution in [2.45, 2.75) is 88.6 Å². The van der Waals surface area contributed by atoms with Crippen LogP contribution in [0.5, 0.6) is 0 Å². The molecule has 0 saturated heterocycles. The molecule has 0 radical (unpaired) electrons. The Morgan fingerprint density at radius 3 is 1.21 bits per heavy atom. The van der Waals surface area contributed by atoms with Gasteiger partial charge < -0.3 is 39.8 Å². The molecule has 72 heavy (non-hydrogen) atoms. The van der Waals surface area contributed by atoms with E-state index in [1.807, 2.05) is 36.4 Å². The fraction of sp³-hybridized carbons (Fsp3) is 0.269. The molecule has 20 heteroatoms. The summed E-state index contributed by atoms with van der Waals surface area (Å²) < 4.78 is 106. The number of alkyl halides is 6. The lowest BCUT2D eigenvalue weighted by Crippen LogP contribution is -2.45. The number of aliphatic carboxylic acids is 2. The maximum Gasteiger partial charge on any atom is 0.422 e. The molecule has 2 aliphatic rings. The summed E-state index contributed by atoms with van der Waals surface area (Å²) in [5.74, 6) is -3.00. The second-order valence-corrected chi connectivity index (χ2v) is 18.3. The van der Waals surface area contributed by atoms with Crippen LogP contribution in [0.3, 0.4) is 0 Å². The topological polar surface area (TPSA) is 231 Å². The highest BCUT2D eigenvalue weighted by Crippen LogP contribution is 2.48.